The van der Waals surface area contributed by atoms with E-state index in [-0.39, 0.29) is 0 Å². The van der Waals surface area contributed by atoms with Crippen LogP contribution in [-0.4, -0.2) is 30.8 Å². The SMILES string of the molecule is O=CCN1CCC(=C(c2ccccc2)c2ccccc2)CC1. The van der Waals surface area contributed by atoms with Gasteiger partial charge in [0.25, 0.3) is 0 Å². The van der Waals surface area contributed by atoms with Crippen LogP contribution >= 0.6 is 0 Å². The second-order valence-electron chi connectivity index (χ2n) is 5.68. The first kappa shape index (κ1) is 14.7. The maximum absolute atomic E-state index is 10.7. The largest absolute Gasteiger partial charge is 0.302 e. The molecule has 1 fully saturated rings. The van der Waals surface area contributed by atoms with E-state index in [0.29, 0.717) is 6.54 Å². The van der Waals surface area contributed by atoms with Gasteiger partial charge in [-0.25, -0.2) is 0 Å². The fourth-order valence-corrected chi connectivity index (χ4v) is 3.15. The minimum Gasteiger partial charge on any atom is -0.302 e. The Hall–Kier alpha value is -2.19. The predicted molar refractivity (Wildman–Crippen MR) is 90.6 cm³/mol. The molecule has 0 aromatic heterocycles. The van der Waals surface area contributed by atoms with Crippen molar-refractivity contribution in [2.75, 3.05) is 19.6 Å². The molecule has 0 aliphatic carbocycles. The number of nitrogens with zero attached hydrogens (tertiary/aromatic N) is 1. The Morgan fingerprint density at radius 2 is 1.36 bits per heavy atom. The Morgan fingerprint density at radius 3 is 1.82 bits per heavy atom. The van der Waals surface area contributed by atoms with Gasteiger partial charge in [0.15, 0.2) is 0 Å². The van der Waals surface area contributed by atoms with E-state index in [1.54, 1.807) is 0 Å². The number of carbonyl (C=O) groups excluding carboxylic acids is 1. The number of likely N-dealkylation sites (tertiary alicyclic amines) is 1. The van der Waals surface area contributed by atoms with E-state index in [1.165, 1.54) is 22.3 Å². The van der Waals surface area contributed by atoms with Crippen molar-refractivity contribution >= 4 is 11.9 Å². The number of benzene rings is 2. The molecule has 1 heterocycles. The third kappa shape index (κ3) is 3.34. The number of hydrogen-bond acceptors (Lipinski definition) is 2. The molecule has 0 unspecified atom stereocenters. The van der Waals surface area contributed by atoms with Crippen LogP contribution in [0.15, 0.2) is 66.2 Å². The summed E-state index contributed by atoms with van der Waals surface area (Å²) in [4.78, 5) is 12.9. The summed E-state index contributed by atoms with van der Waals surface area (Å²) < 4.78 is 0. The molecule has 0 atom stereocenters. The van der Waals surface area contributed by atoms with Gasteiger partial charge in [-0.15, -0.1) is 0 Å². The van der Waals surface area contributed by atoms with Crippen molar-refractivity contribution in [2.45, 2.75) is 12.8 Å². The van der Waals surface area contributed by atoms with Crippen LogP contribution in [-0.2, 0) is 4.79 Å². The van der Waals surface area contributed by atoms with E-state index in [9.17, 15) is 4.79 Å². The molecule has 0 amide bonds. The third-order valence-corrected chi connectivity index (χ3v) is 4.27. The Kier molecular flexibility index (Phi) is 4.81. The minimum absolute atomic E-state index is 0.555. The Bertz CT molecular complexity index is 594. The predicted octanol–water partition coefficient (Wildman–Crippen LogP) is 3.78. The molecule has 1 saturated heterocycles. The number of rotatable bonds is 4. The van der Waals surface area contributed by atoms with Crippen molar-refractivity contribution in [3.8, 4) is 0 Å². The second kappa shape index (κ2) is 7.19. The summed E-state index contributed by atoms with van der Waals surface area (Å²) >= 11 is 0. The van der Waals surface area contributed by atoms with E-state index in [2.05, 4.69) is 65.6 Å². The second-order valence-corrected chi connectivity index (χ2v) is 5.68. The fraction of sp³-hybridized carbons (Fsp3) is 0.250. The van der Waals surface area contributed by atoms with Gasteiger partial charge < -0.3 is 4.79 Å². The van der Waals surface area contributed by atoms with Crippen LogP contribution in [0.5, 0.6) is 0 Å². The van der Waals surface area contributed by atoms with Gasteiger partial charge in [-0.3, -0.25) is 4.90 Å². The highest BCUT2D eigenvalue weighted by Crippen LogP contribution is 2.32. The number of hydrogen-bond donors (Lipinski definition) is 0. The van der Waals surface area contributed by atoms with Crippen molar-refractivity contribution in [1.82, 2.24) is 4.90 Å². The van der Waals surface area contributed by atoms with Gasteiger partial charge in [0.05, 0.1) is 6.54 Å². The summed E-state index contributed by atoms with van der Waals surface area (Å²) in [7, 11) is 0. The van der Waals surface area contributed by atoms with Gasteiger partial charge in [-0.1, -0.05) is 66.2 Å². The van der Waals surface area contributed by atoms with Gasteiger partial charge >= 0.3 is 0 Å². The molecule has 0 radical (unpaired) electrons. The highest BCUT2D eigenvalue weighted by molar-refractivity contribution is 5.82. The Balaban J connectivity index is 1.96. The lowest BCUT2D eigenvalue weighted by Crippen LogP contribution is -2.32. The van der Waals surface area contributed by atoms with E-state index in [4.69, 9.17) is 0 Å². The molecule has 2 aromatic rings. The van der Waals surface area contributed by atoms with Gasteiger partial charge in [-0.2, -0.15) is 0 Å². The molecule has 112 valence electrons. The number of piperidine rings is 1. The first-order valence-corrected chi connectivity index (χ1v) is 7.87. The van der Waals surface area contributed by atoms with Crippen LogP contribution in [0.1, 0.15) is 24.0 Å². The molecule has 2 nitrogen and oxygen atoms in total. The lowest BCUT2D eigenvalue weighted by Gasteiger charge is -2.28. The normalized spacial score (nSPS) is 15.5. The zero-order valence-corrected chi connectivity index (χ0v) is 12.7. The summed E-state index contributed by atoms with van der Waals surface area (Å²) in [6.07, 6.45) is 3.07. The number of carbonyl (C=O) groups is 1. The zero-order valence-electron chi connectivity index (χ0n) is 12.7. The van der Waals surface area contributed by atoms with Crippen LogP contribution in [0.4, 0.5) is 0 Å². The van der Waals surface area contributed by atoms with Crippen molar-refractivity contribution < 1.29 is 4.79 Å². The summed E-state index contributed by atoms with van der Waals surface area (Å²) in [5.74, 6) is 0. The summed E-state index contributed by atoms with van der Waals surface area (Å²) in [6.45, 7) is 2.49. The minimum atomic E-state index is 0.555. The van der Waals surface area contributed by atoms with Gasteiger partial charge in [0.2, 0.25) is 0 Å². The summed E-state index contributed by atoms with van der Waals surface area (Å²) in [6, 6.07) is 21.3. The molecule has 2 heteroatoms. The monoisotopic (exact) mass is 291 g/mol. The van der Waals surface area contributed by atoms with Crippen LogP contribution < -0.4 is 0 Å². The van der Waals surface area contributed by atoms with Crippen LogP contribution in [0.3, 0.4) is 0 Å². The van der Waals surface area contributed by atoms with Crippen molar-refractivity contribution in [2.24, 2.45) is 0 Å². The molecule has 0 spiro atoms. The fourth-order valence-electron chi connectivity index (χ4n) is 3.15. The van der Waals surface area contributed by atoms with Crippen molar-refractivity contribution in [3.63, 3.8) is 0 Å². The molecule has 0 bridgehead atoms. The highest BCUT2D eigenvalue weighted by atomic mass is 16.1. The summed E-state index contributed by atoms with van der Waals surface area (Å²) in [5.41, 5.74) is 5.44. The molecule has 2 aromatic carbocycles. The lowest BCUT2D eigenvalue weighted by atomic mass is 9.88. The first-order chi connectivity index (χ1) is 10.9. The van der Waals surface area contributed by atoms with E-state index >= 15 is 0 Å². The smallest absolute Gasteiger partial charge is 0.133 e. The van der Waals surface area contributed by atoms with Crippen LogP contribution in [0.25, 0.3) is 5.57 Å². The average molecular weight is 291 g/mol. The average Bonchev–Trinajstić information content (AvgIpc) is 2.59. The quantitative estimate of drug-likeness (QED) is 0.799. The van der Waals surface area contributed by atoms with Gasteiger partial charge in [0.1, 0.15) is 6.29 Å². The first-order valence-electron chi connectivity index (χ1n) is 7.87. The maximum atomic E-state index is 10.7. The molecule has 0 saturated carbocycles. The van der Waals surface area contributed by atoms with Crippen LogP contribution in [0, 0.1) is 0 Å². The number of aldehydes is 1. The maximum Gasteiger partial charge on any atom is 0.133 e. The standard InChI is InChI=1S/C20H21NO/c22-16-15-21-13-11-19(12-14-21)20(17-7-3-1-4-8-17)18-9-5-2-6-10-18/h1-10,16H,11-15H2. The van der Waals surface area contributed by atoms with E-state index < -0.39 is 0 Å². The van der Waals surface area contributed by atoms with Crippen LogP contribution in [0.2, 0.25) is 0 Å². The van der Waals surface area contributed by atoms with Gasteiger partial charge in [-0.05, 0) is 29.5 Å². The molecular formula is C20H21NO. The van der Waals surface area contributed by atoms with Crippen molar-refractivity contribution in [3.05, 3.63) is 77.4 Å². The zero-order chi connectivity index (χ0) is 15.2. The topological polar surface area (TPSA) is 20.3 Å². The van der Waals surface area contributed by atoms with E-state index in [1.807, 2.05) is 0 Å². The molecule has 22 heavy (non-hydrogen) atoms. The highest BCUT2D eigenvalue weighted by Gasteiger charge is 2.18. The van der Waals surface area contributed by atoms with Crippen molar-refractivity contribution in [1.29, 1.82) is 0 Å². The third-order valence-electron chi connectivity index (χ3n) is 4.27. The summed E-state index contributed by atoms with van der Waals surface area (Å²) in [5, 5.41) is 0. The Labute approximate surface area is 132 Å². The van der Waals surface area contributed by atoms with Gasteiger partial charge in [0, 0.05) is 13.1 Å². The molecular weight excluding hydrogens is 270 g/mol. The molecule has 3 rings (SSSR count). The molecule has 1 aliphatic rings. The Morgan fingerprint density at radius 1 is 0.864 bits per heavy atom. The molecule has 0 N–H and O–H groups in total. The molecule has 1 aliphatic heterocycles. The van der Waals surface area contributed by atoms with E-state index in [0.717, 1.165) is 32.2 Å². The lowest BCUT2D eigenvalue weighted by molar-refractivity contribution is -0.108.